The molecule has 0 heterocycles. The normalized spacial score (nSPS) is 10.8. The Kier molecular flexibility index (Phi) is 7.62. The molecule has 0 aliphatic rings. The Bertz CT molecular complexity index is 1200. The average Bonchev–Trinajstić information content (AvgIpc) is 2.82. The monoisotopic (exact) mass is 471 g/mol. The number of amides is 3. The van der Waals surface area contributed by atoms with E-state index in [-0.39, 0.29) is 17.1 Å². The molecule has 0 saturated heterocycles. The van der Waals surface area contributed by atoms with Crippen LogP contribution in [0.2, 0.25) is 0 Å². The first-order valence-corrected chi connectivity index (χ1v) is 11.3. The van der Waals surface area contributed by atoms with E-state index in [1.165, 1.54) is 31.4 Å². The summed E-state index contributed by atoms with van der Waals surface area (Å²) in [6.45, 7) is -0.485. The van der Waals surface area contributed by atoms with Gasteiger partial charge in [0.2, 0.25) is 5.91 Å². The molecule has 0 atom stereocenters. The van der Waals surface area contributed by atoms with Crippen LogP contribution < -0.4 is 19.7 Å². The zero-order chi connectivity index (χ0) is 23.8. The summed E-state index contributed by atoms with van der Waals surface area (Å²) < 4.78 is 45.7. The van der Waals surface area contributed by atoms with Crippen LogP contribution in [0.15, 0.2) is 83.8 Å². The number of imide groups is 1. The largest absolute Gasteiger partial charge is 0.497 e. The van der Waals surface area contributed by atoms with Crippen molar-refractivity contribution < 1.29 is 27.1 Å². The van der Waals surface area contributed by atoms with Crippen LogP contribution in [-0.4, -0.2) is 34.0 Å². The van der Waals surface area contributed by atoms with Crippen molar-refractivity contribution >= 4 is 27.6 Å². The fourth-order valence-electron chi connectivity index (χ4n) is 2.92. The van der Waals surface area contributed by atoms with Crippen LogP contribution in [0.1, 0.15) is 5.56 Å². The molecule has 0 fully saturated rings. The number of halogens is 1. The molecule has 0 aliphatic heterocycles. The maximum Gasteiger partial charge on any atom is 0.321 e. The first-order valence-electron chi connectivity index (χ1n) is 9.83. The van der Waals surface area contributed by atoms with Gasteiger partial charge in [-0.25, -0.2) is 17.6 Å². The van der Waals surface area contributed by atoms with Gasteiger partial charge in [-0.05, 0) is 54.1 Å². The maximum absolute atomic E-state index is 13.3. The van der Waals surface area contributed by atoms with Crippen molar-refractivity contribution in [2.45, 2.75) is 11.4 Å². The van der Waals surface area contributed by atoms with Gasteiger partial charge in [-0.15, -0.1) is 0 Å². The third-order valence-corrected chi connectivity index (χ3v) is 6.39. The maximum atomic E-state index is 13.3. The molecular formula is C23H22FN3O5S. The van der Waals surface area contributed by atoms with Gasteiger partial charge in [-0.3, -0.25) is 14.4 Å². The van der Waals surface area contributed by atoms with Gasteiger partial charge in [0, 0.05) is 6.54 Å². The summed E-state index contributed by atoms with van der Waals surface area (Å²) in [7, 11) is -2.78. The van der Waals surface area contributed by atoms with Crippen molar-refractivity contribution in [3.8, 4) is 5.75 Å². The molecule has 3 amide bonds. The van der Waals surface area contributed by atoms with Crippen molar-refractivity contribution in [3.63, 3.8) is 0 Å². The molecule has 3 aromatic carbocycles. The number of carbonyl (C=O) groups excluding carboxylic acids is 2. The van der Waals surface area contributed by atoms with E-state index in [0.29, 0.717) is 5.75 Å². The minimum Gasteiger partial charge on any atom is -0.497 e. The number of hydrogen-bond donors (Lipinski definition) is 2. The second-order valence-electron chi connectivity index (χ2n) is 6.88. The smallest absolute Gasteiger partial charge is 0.321 e. The van der Waals surface area contributed by atoms with Gasteiger partial charge in [0.1, 0.15) is 18.1 Å². The molecule has 10 heteroatoms. The molecule has 172 valence electrons. The second-order valence-corrected chi connectivity index (χ2v) is 8.74. The highest BCUT2D eigenvalue weighted by atomic mass is 32.2. The van der Waals surface area contributed by atoms with Crippen molar-refractivity contribution in [3.05, 3.63) is 90.2 Å². The Hall–Kier alpha value is -3.92. The van der Waals surface area contributed by atoms with Gasteiger partial charge in [-0.2, -0.15) is 0 Å². The Morgan fingerprint density at radius 3 is 2.18 bits per heavy atom. The van der Waals surface area contributed by atoms with Crippen molar-refractivity contribution in [1.29, 1.82) is 0 Å². The second kappa shape index (κ2) is 10.6. The fraction of sp³-hybridized carbons (Fsp3) is 0.130. The minimum atomic E-state index is -4.24. The van der Waals surface area contributed by atoms with Gasteiger partial charge in [-0.1, -0.05) is 30.3 Å². The van der Waals surface area contributed by atoms with Crippen LogP contribution in [-0.2, 0) is 21.4 Å². The number of carbonyl (C=O) groups is 2. The molecule has 0 bridgehead atoms. The van der Waals surface area contributed by atoms with Crippen LogP contribution in [0.3, 0.4) is 0 Å². The Morgan fingerprint density at radius 2 is 1.58 bits per heavy atom. The lowest BCUT2D eigenvalue weighted by Crippen LogP contribution is -2.46. The number of rotatable bonds is 8. The van der Waals surface area contributed by atoms with Gasteiger partial charge < -0.3 is 10.1 Å². The summed E-state index contributed by atoms with van der Waals surface area (Å²) in [5, 5.41) is 4.66. The van der Waals surface area contributed by atoms with Crippen molar-refractivity contribution in [2.24, 2.45) is 0 Å². The quantitative estimate of drug-likeness (QED) is 0.526. The van der Waals surface area contributed by atoms with E-state index in [1.807, 2.05) is 30.3 Å². The van der Waals surface area contributed by atoms with E-state index in [0.717, 1.165) is 34.1 Å². The Labute approximate surface area is 191 Å². The number of methoxy groups -OCH3 is 1. The molecule has 33 heavy (non-hydrogen) atoms. The van der Waals surface area contributed by atoms with Crippen LogP contribution >= 0.6 is 0 Å². The standard InChI is InChI=1S/C23H22FN3O5S/c1-32-20-11-9-19(10-12-20)27(33(30,31)21-13-7-18(24)8-14-21)16-22(28)26-23(29)25-15-17-5-3-2-4-6-17/h2-14H,15-16H2,1H3,(H2,25,26,28,29). The zero-order valence-electron chi connectivity index (χ0n) is 17.7. The average molecular weight is 472 g/mol. The Morgan fingerprint density at radius 1 is 0.939 bits per heavy atom. The number of anilines is 1. The van der Waals surface area contributed by atoms with E-state index in [9.17, 15) is 22.4 Å². The van der Waals surface area contributed by atoms with Crippen molar-refractivity contribution in [1.82, 2.24) is 10.6 Å². The molecule has 0 saturated carbocycles. The number of ether oxygens (including phenoxy) is 1. The number of nitrogens with one attached hydrogen (secondary N) is 2. The number of sulfonamides is 1. The molecular weight excluding hydrogens is 449 g/mol. The summed E-state index contributed by atoms with van der Waals surface area (Å²) in [5.74, 6) is -0.956. The van der Waals surface area contributed by atoms with E-state index < -0.39 is 34.3 Å². The molecule has 0 aromatic heterocycles. The third-order valence-electron chi connectivity index (χ3n) is 4.60. The summed E-state index contributed by atoms with van der Waals surface area (Å²) in [6, 6.07) is 18.5. The number of benzene rings is 3. The highest BCUT2D eigenvalue weighted by molar-refractivity contribution is 7.92. The number of hydrogen-bond acceptors (Lipinski definition) is 5. The number of urea groups is 1. The predicted octanol–water partition coefficient (Wildman–Crippen LogP) is 3.06. The number of nitrogens with zero attached hydrogens (tertiary/aromatic N) is 1. The molecule has 8 nitrogen and oxygen atoms in total. The molecule has 0 radical (unpaired) electrons. The molecule has 2 N–H and O–H groups in total. The summed E-state index contributed by atoms with van der Waals surface area (Å²) >= 11 is 0. The first kappa shape index (κ1) is 23.7. The Balaban J connectivity index is 1.77. The molecule has 0 spiro atoms. The van der Waals surface area contributed by atoms with Crippen LogP contribution in [0.4, 0.5) is 14.9 Å². The molecule has 0 aliphatic carbocycles. The SMILES string of the molecule is COc1ccc(N(CC(=O)NC(=O)NCc2ccccc2)S(=O)(=O)c2ccc(F)cc2)cc1. The third kappa shape index (κ3) is 6.30. The lowest BCUT2D eigenvalue weighted by molar-refractivity contribution is -0.118. The van der Waals surface area contributed by atoms with E-state index in [4.69, 9.17) is 4.74 Å². The van der Waals surface area contributed by atoms with Gasteiger partial charge in [0.05, 0.1) is 17.7 Å². The van der Waals surface area contributed by atoms with Crippen LogP contribution in [0, 0.1) is 5.82 Å². The lowest BCUT2D eigenvalue weighted by atomic mass is 10.2. The topological polar surface area (TPSA) is 105 Å². The first-order chi connectivity index (χ1) is 15.8. The highest BCUT2D eigenvalue weighted by Gasteiger charge is 2.28. The van der Waals surface area contributed by atoms with E-state index in [1.54, 1.807) is 0 Å². The van der Waals surface area contributed by atoms with Gasteiger partial charge in [0.25, 0.3) is 10.0 Å². The van der Waals surface area contributed by atoms with Crippen LogP contribution in [0.25, 0.3) is 0 Å². The highest BCUT2D eigenvalue weighted by Crippen LogP contribution is 2.25. The zero-order valence-corrected chi connectivity index (χ0v) is 18.5. The predicted molar refractivity (Wildman–Crippen MR) is 121 cm³/mol. The van der Waals surface area contributed by atoms with Gasteiger partial charge in [0.15, 0.2) is 0 Å². The van der Waals surface area contributed by atoms with E-state index >= 15 is 0 Å². The fourth-order valence-corrected chi connectivity index (χ4v) is 4.34. The minimum absolute atomic E-state index is 0.167. The summed E-state index contributed by atoms with van der Waals surface area (Å²) in [4.78, 5) is 24.4. The van der Waals surface area contributed by atoms with E-state index in [2.05, 4.69) is 10.6 Å². The van der Waals surface area contributed by atoms with Crippen LogP contribution in [0.5, 0.6) is 5.75 Å². The molecule has 3 aromatic rings. The van der Waals surface area contributed by atoms with Gasteiger partial charge >= 0.3 is 6.03 Å². The molecule has 0 unspecified atom stereocenters. The molecule has 3 rings (SSSR count). The summed E-state index contributed by atoms with van der Waals surface area (Å²) in [5.41, 5.74) is 0.999. The summed E-state index contributed by atoms with van der Waals surface area (Å²) in [6.07, 6.45) is 0. The lowest BCUT2D eigenvalue weighted by Gasteiger charge is -2.24. The van der Waals surface area contributed by atoms with Crippen molar-refractivity contribution in [2.75, 3.05) is 18.0 Å².